The highest BCUT2D eigenvalue weighted by molar-refractivity contribution is 5.88. The summed E-state index contributed by atoms with van der Waals surface area (Å²) in [6, 6.07) is 9.60. The van der Waals surface area contributed by atoms with Crippen molar-refractivity contribution in [3.05, 3.63) is 70.8 Å². The summed E-state index contributed by atoms with van der Waals surface area (Å²) in [6.45, 7) is 2.76. The Morgan fingerprint density at radius 1 is 0.921 bits per heavy atom. The average molecular weight is 541 g/mol. The number of nitrogens with one attached hydrogen (secondary N) is 1. The summed E-state index contributed by atoms with van der Waals surface area (Å²) in [5.41, 5.74) is -3.30. The van der Waals surface area contributed by atoms with Crippen LogP contribution in [0.1, 0.15) is 73.7 Å². The van der Waals surface area contributed by atoms with Gasteiger partial charge in [0.25, 0.3) is 0 Å². The molecule has 10 heteroatoms. The van der Waals surface area contributed by atoms with Crippen molar-refractivity contribution in [1.82, 2.24) is 10.2 Å². The summed E-state index contributed by atoms with van der Waals surface area (Å²) in [5.74, 6) is -0.179. The number of Topliss-reactive ketones (excluding diaryl/α,β-unsaturated/α-hetero) is 1. The quantitative estimate of drug-likeness (QED) is 0.444. The average Bonchev–Trinajstić information content (AvgIpc) is 2.88. The highest BCUT2D eigenvalue weighted by atomic mass is 19.4. The van der Waals surface area contributed by atoms with Gasteiger partial charge in [-0.2, -0.15) is 26.3 Å². The third-order valence-corrected chi connectivity index (χ3v) is 7.90. The van der Waals surface area contributed by atoms with Crippen LogP contribution in [-0.2, 0) is 27.4 Å². The van der Waals surface area contributed by atoms with Crippen LogP contribution in [0.2, 0.25) is 0 Å². The molecule has 2 aliphatic rings. The molecule has 1 saturated carbocycles. The van der Waals surface area contributed by atoms with Gasteiger partial charge in [-0.25, -0.2) is 0 Å². The zero-order valence-electron chi connectivity index (χ0n) is 21.0. The molecule has 0 aromatic heterocycles. The molecule has 1 atom stereocenters. The van der Waals surface area contributed by atoms with Crippen molar-refractivity contribution in [3.8, 4) is 0 Å². The summed E-state index contributed by atoms with van der Waals surface area (Å²) in [6.07, 6.45) is -6.60. The maximum atomic E-state index is 13.8. The van der Waals surface area contributed by atoms with Gasteiger partial charge in [0.05, 0.1) is 22.6 Å². The number of halogens is 6. The number of alkyl halides is 6. The number of benzene rings is 2. The lowest BCUT2D eigenvalue weighted by Crippen LogP contribution is -2.51. The molecular formula is C28H30F6N2O2. The van der Waals surface area contributed by atoms with Gasteiger partial charge in [0.15, 0.2) is 0 Å². The van der Waals surface area contributed by atoms with E-state index in [4.69, 9.17) is 0 Å². The van der Waals surface area contributed by atoms with Gasteiger partial charge in [-0.05, 0) is 61.9 Å². The molecule has 38 heavy (non-hydrogen) atoms. The molecule has 0 bridgehead atoms. The first-order chi connectivity index (χ1) is 17.8. The van der Waals surface area contributed by atoms with Gasteiger partial charge < -0.3 is 5.32 Å². The van der Waals surface area contributed by atoms with Crippen LogP contribution in [0.25, 0.3) is 0 Å². The topological polar surface area (TPSA) is 49.4 Å². The Morgan fingerprint density at radius 2 is 1.45 bits per heavy atom. The van der Waals surface area contributed by atoms with Crippen molar-refractivity contribution in [2.24, 2.45) is 0 Å². The predicted molar refractivity (Wildman–Crippen MR) is 129 cm³/mol. The molecule has 1 N–H and O–H groups in total. The van der Waals surface area contributed by atoms with Crippen molar-refractivity contribution in [2.45, 2.75) is 75.3 Å². The van der Waals surface area contributed by atoms with Gasteiger partial charge in [-0.3, -0.25) is 14.5 Å². The maximum absolute atomic E-state index is 13.8. The second-order valence-corrected chi connectivity index (χ2v) is 10.3. The Bertz CT molecular complexity index is 1110. The van der Waals surface area contributed by atoms with Gasteiger partial charge in [-0.15, -0.1) is 0 Å². The lowest BCUT2D eigenvalue weighted by Gasteiger charge is -2.44. The Labute approximate surface area is 217 Å². The smallest absolute Gasteiger partial charge is 0.349 e. The number of amides is 1. The fourth-order valence-electron chi connectivity index (χ4n) is 5.65. The van der Waals surface area contributed by atoms with E-state index in [0.717, 1.165) is 5.56 Å². The number of ketones is 1. The van der Waals surface area contributed by atoms with E-state index >= 15 is 0 Å². The van der Waals surface area contributed by atoms with Crippen molar-refractivity contribution < 1.29 is 35.9 Å². The van der Waals surface area contributed by atoms with E-state index in [9.17, 15) is 35.9 Å². The van der Waals surface area contributed by atoms with Crippen molar-refractivity contribution in [1.29, 1.82) is 0 Å². The molecule has 1 aliphatic carbocycles. The van der Waals surface area contributed by atoms with Crippen LogP contribution in [0, 0.1) is 0 Å². The third-order valence-electron chi connectivity index (χ3n) is 7.90. The van der Waals surface area contributed by atoms with Crippen LogP contribution in [0.15, 0.2) is 48.5 Å². The van der Waals surface area contributed by atoms with Crippen molar-refractivity contribution in [2.75, 3.05) is 13.1 Å². The lowest BCUT2D eigenvalue weighted by molar-refractivity contribution is -0.143. The summed E-state index contributed by atoms with van der Waals surface area (Å²) < 4.78 is 80.2. The molecule has 1 amide bonds. The van der Waals surface area contributed by atoms with Gasteiger partial charge in [-0.1, -0.05) is 30.3 Å². The fraction of sp³-hybridized carbons (Fsp3) is 0.500. The summed E-state index contributed by atoms with van der Waals surface area (Å²) in [5, 5.41) is 2.73. The third kappa shape index (κ3) is 6.06. The second-order valence-electron chi connectivity index (χ2n) is 10.3. The molecule has 2 fully saturated rings. The second kappa shape index (κ2) is 10.7. The molecule has 2 aromatic carbocycles. The molecule has 1 heterocycles. The zero-order chi connectivity index (χ0) is 27.7. The minimum absolute atomic E-state index is 0.0823. The molecular weight excluding hydrogens is 510 g/mol. The SMILES string of the molecule is CC(NC(=O)C1(c2ccccc2)CCC(N2CCC(=O)CC2)CC1)c1cc(C(F)(F)F)cc(C(F)(F)F)c1. The normalized spacial score (nSPS) is 24.2. The molecule has 1 saturated heterocycles. The number of nitrogens with zero attached hydrogens (tertiary/aromatic N) is 1. The van der Waals surface area contributed by atoms with Crippen LogP contribution in [0.5, 0.6) is 0 Å². The van der Waals surface area contributed by atoms with Crippen LogP contribution >= 0.6 is 0 Å². The Morgan fingerprint density at radius 3 is 1.95 bits per heavy atom. The molecule has 1 aliphatic heterocycles. The minimum Gasteiger partial charge on any atom is -0.349 e. The Hall–Kier alpha value is -2.88. The van der Waals surface area contributed by atoms with E-state index < -0.39 is 40.8 Å². The number of carbonyl (C=O) groups is 2. The van der Waals surface area contributed by atoms with Gasteiger partial charge in [0.2, 0.25) is 5.91 Å². The summed E-state index contributed by atoms with van der Waals surface area (Å²) in [4.78, 5) is 27.7. The van der Waals surface area contributed by atoms with Crippen LogP contribution in [-0.4, -0.2) is 35.7 Å². The molecule has 4 rings (SSSR count). The van der Waals surface area contributed by atoms with Crippen LogP contribution in [0.4, 0.5) is 26.3 Å². The first-order valence-corrected chi connectivity index (χ1v) is 12.7. The Balaban J connectivity index is 1.58. The molecule has 0 radical (unpaired) electrons. The van der Waals surface area contributed by atoms with Gasteiger partial charge in [0.1, 0.15) is 5.78 Å². The highest BCUT2D eigenvalue weighted by Crippen LogP contribution is 2.43. The zero-order valence-corrected chi connectivity index (χ0v) is 21.0. The number of rotatable bonds is 5. The van der Waals surface area contributed by atoms with E-state index in [-0.39, 0.29) is 23.5 Å². The van der Waals surface area contributed by atoms with Gasteiger partial charge in [0, 0.05) is 32.0 Å². The first kappa shape index (κ1) is 28.1. The van der Waals surface area contributed by atoms with Crippen LogP contribution < -0.4 is 5.32 Å². The number of piperidine rings is 1. The number of likely N-dealkylation sites (tertiary alicyclic amines) is 1. The number of hydrogen-bond donors (Lipinski definition) is 1. The molecule has 206 valence electrons. The van der Waals surface area contributed by atoms with E-state index in [1.54, 1.807) is 12.1 Å². The van der Waals surface area contributed by atoms with Crippen molar-refractivity contribution >= 4 is 11.7 Å². The van der Waals surface area contributed by atoms with E-state index in [0.29, 0.717) is 63.7 Å². The lowest BCUT2D eigenvalue weighted by atomic mass is 9.67. The molecule has 4 nitrogen and oxygen atoms in total. The molecule has 2 aromatic rings. The van der Waals surface area contributed by atoms with E-state index in [1.807, 2.05) is 18.2 Å². The summed E-state index contributed by atoms with van der Waals surface area (Å²) >= 11 is 0. The maximum Gasteiger partial charge on any atom is 0.416 e. The van der Waals surface area contributed by atoms with Gasteiger partial charge >= 0.3 is 12.4 Å². The number of carbonyl (C=O) groups excluding carboxylic acids is 2. The fourth-order valence-corrected chi connectivity index (χ4v) is 5.65. The van der Waals surface area contributed by atoms with E-state index in [2.05, 4.69) is 10.2 Å². The van der Waals surface area contributed by atoms with Crippen molar-refractivity contribution in [3.63, 3.8) is 0 Å². The first-order valence-electron chi connectivity index (χ1n) is 12.7. The predicted octanol–water partition coefficient (Wildman–Crippen LogP) is 6.45. The standard InChI is InChI=1S/C28H30F6N2O2/c1-18(19-15-21(27(29,30)31)17-22(16-19)28(32,33)34)35-25(38)26(20-5-3-2-4-6-20)11-7-23(8-12-26)36-13-9-24(37)10-14-36/h2-6,15-18,23H,7-14H2,1H3,(H,35,38). The largest absolute Gasteiger partial charge is 0.416 e. The van der Waals surface area contributed by atoms with E-state index in [1.165, 1.54) is 6.92 Å². The monoisotopic (exact) mass is 540 g/mol. The molecule has 0 spiro atoms. The Kier molecular flexibility index (Phi) is 7.93. The van der Waals surface area contributed by atoms with Crippen LogP contribution in [0.3, 0.4) is 0 Å². The molecule has 1 unspecified atom stereocenters. The number of hydrogen-bond acceptors (Lipinski definition) is 3. The highest BCUT2D eigenvalue weighted by Gasteiger charge is 2.45. The summed E-state index contributed by atoms with van der Waals surface area (Å²) in [7, 11) is 0. The minimum atomic E-state index is -4.97.